The fourth-order valence-electron chi connectivity index (χ4n) is 4.89. The molecule has 3 heterocycles. The van der Waals surface area contributed by atoms with E-state index in [-0.39, 0.29) is 17.9 Å². The second kappa shape index (κ2) is 8.32. The maximum Gasteiger partial charge on any atom is 0.292 e. The largest absolute Gasteiger partial charge is 0.454 e. The normalized spacial score (nSPS) is 25.3. The van der Waals surface area contributed by atoms with Gasteiger partial charge < -0.3 is 19.3 Å². The first-order valence-electron chi connectivity index (χ1n) is 11.1. The molecule has 2 N–H and O–H groups in total. The molecule has 2 amide bonds. The van der Waals surface area contributed by atoms with E-state index in [2.05, 4.69) is 19.1 Å². The average Bonchev–Trinajstić information content (AvgIpc) is 3.38. The highest BCUT2D eigenvalue weighted by Gasteiger charge is 2.46. The number of nitrogens with zero attached hydrogens (tertiary/aromatic N) is 1. The van der Waals surface area contributed by atoms with Gasteiger partial charge in [0, 0.05) is 5.56 Å². The second-order valence-corrected chi connectivity index (χ2v) is 8.62. The molecule has 0 spiro atoms. The standard InChI is InChI=1S/C24H27N3O4/c1-2-17-3-6-19(7-4-17)27-23(28)14-20(24(27)29)26-11-9-25(10-12-26)15-18-5-8-21-22(13-18)31-16-30-21/h3-8,13,20H,2,9-12,14-16H2,1H3/p+2/t20-/m0/s1. The van der Waals surface area contributed by atoms with Crippen molar-refractivity contribution in [2.75, 3.05) is 37.9 Å². The summed E-state index contributed by atoms with van der Waals surface area (Å²) in [5.41, 5.74) is 3.13. The van der Waals surface area contributed by atoms with Crippen LogP contribution in [0.1, 0.15) is 24.5 Å². The van der Waals surface area contributed by atoms with Crippen LogP contribution in [0.3, 0.4) is 0 Å². The number of carbonyl (C=O) groups excluding carboxylic acids is 2. The number of amides is 2. The van der Waals surface area contributed by atoms with Crippen LogP contribution in [0.2, 0.25) is 0 Å². The number of quaternary nitrogens is 2. The van der Waals surface area contributed by atoms with E-state index in [0.29, 0.717) is 18.9 Å². The summed E-state index contributed by atoms with van der Waals surface area (Å²) in [6.07, 6.45) is 1.25. The molecule has 0 bridgehead atoms. The number of piperazine rings is 1. The smallest absolute Gasteiger partial charge is 0.292 e. The maximum absolute atomic E-state index is 13.1. The molecule has 0 aromatic heterocycles. The molecule has 1 atom stereocenters. The van der Waals surface area contributed by atoms with Gasteiger partial charge in [0.25, 0.3) is 5.91 Å². The van der Waals surface area contributed by atoms with Gasteiger partial charge in [0.15, 0.2) is 17.5 Å². The molecular weight excluding hydrogens is 394 g/mol. The highest BCUT2D eigenvalue weighted by Crippen LogP contribution is 2.32. The highest BCUT2D eigenvalue weighted by atomic mass is 16.7. The summed E-state index contributed by atoms with van der Waals surface area (Å²) < 4.78 is 10.9. The minimum atomic E-state index is -0.259. The number of hydrogen-bond acceptors (Lipinski definition) is 4. The third-order valence-electron chi connectivity index (χ3n) is 6.73. The Morgan fingerprint density at radius 1 is 0.935 bits per heavy atom. The zero-order valence-corrected chi connectivity index (χ0v) is 17.9. The van der Waals surface area contributed by atoms with Crippen molar-refractivity contribution in [3.05, 3.63) is 53.6 Å². The Bertz CT molecular complexity index is 983. The molecule has 0 unspecified atom stereocenters. The number of rotatable bonds is 5. The summed E-state index contributed by atoms with van der Waals surface area (Å²) in [4.78, 5) is 29.9. The van der Waals surface area contributed by atoms with Gasteiger partial charge in [-0.1, -0.05) is 19.1 Å². The Balaban J connectivity index is 1.19. The number of nitrogens with one attached hydrogen (secondary N) is 2. The fraction of sp³-hybridized carbons (Fsp3) is 0.417. The van der Waals surface area contributed by atoms with Gasteiger partial charge in [0.2, 0.25) is 12.7 Å². The predicted octanol–water partition coefficient (Wildman–Crippen LogP) is -0.407. The van der Waals surface area contributed by atoms with Gasteiger partial charge in [-0.2, -0.15) is 0 Å². The van der Waals surface area contributed by atoms with Crippen molar-refractivity contribution in [1.82, 2.24) is 0 Å². The lowest BCUT2D eigenvalue weighted by Crippen LogP contribution is -3.29. The Kier molecular flexibility index (Phi) is 5.38. The number of carbonyl (C=O) groups is 2. The average molecular weight is 424 g/mol. The Morgan fingerprint density at radius 3 is 2.39 bits per heavy atom. The van der Waals surface area contributed by atoms with Crippen LogP contribution in [0.25, 0.3) is 0 Å². The molecule has 3 aliphatic rings. The molecule has 2 saturated heterocycles. The van der Waals surface area contributed by atoms with Gasteiger partial charge in [-0.15, -0.1) is 0 Å². The van der Waals surface area contributed by atoms with Crippen molar-refractivity contribution in [3.8, 4) is 11.5 Å². The molecule has 162 valence electrons. The van der Waals surface area contributed by atoms with Gasteiger partial charge in [0.05, 0.1) is 12.1 Å². The molecule has 2 aromatic rings. The summed E-state index contributed by atoms with van der Waals surface area (Å²) in [6.45, 7) is 7.06. The molecule has 2 fully saturated rings. The first-order valence-corrected chi connectivity index (χ1v) is 11.1. The number of benzene rings is 2. The zero-order valence-electron chi connectivity index (χ0n) is 17.9. The summed E-state index contributed by atoms with van der Waals surface area (Å²) in [5, 5.41) is 0. The van der Waals surface area contributed by atoms with Crippen LogP contribution >= 0.6 is 0 Å². The molecule has 0 saturated carbocycles. The molecule has 0 aliphatic carbocycles. The number of aryl methyl sites for hydroxylation is 1. The van der Waals surface area contributed by atoms with Crippen molar-refractivity contribution in [2.24, 2.45) is 0 Å². The van der Waals surface area contributed by atoms with Crippen molar-refractivity contribution < 1.29 is 28.9 Å². The van der Waals surface area contributed by atoms with Crippen molar-refractivity contribution in [1.29, 1.82) is 0 Å². The third kappa shape index (κ3) is 3.91. The number of hydrogen-bond donors (Lipinski definition) is 2. The molecule has 5 rings (SSSR count). The topological polar surface area (TPSA) is 64.7 Å². The van der Waals surface area contributed by atoms with Crippen LogP contribution in [-0.2, 0) is 22.6 Å². The predicted molar refractivity (Wildman–Crippen MR) is 114 cm³/mol. The third-order valence-corrected chi connectivity index (χ3v) is 6.73. The lowest BCUT2D eigenvalue weighted by Gasteiger charge is -2.32. The fourth-order valence-corrected chi connectivity index (χ4v) is 4.89. The van der Waals surface area contributed by atoms with E-state index < -0.39 is 0 Å². The van der Waals surface area contributed by atoms with Crippen LogP contribution in [0.5, 0.6) is 11.5 Å². The minimum Gasteiger partial charge on any atom is -0.454 e. The Hall–Kier alpha value is -2.90. The summed E-state index contributed by atoms with van der Waals surface area (Å²) in [5.74, 6) is 1.50. The second-order valence-electron chi connectivity index (χ2n) is 8.62. The van der Waals surface area contributed by atoms with E-state index in [1.165, 1.54) is 25.8 Å². The van der Waals surface area contributed by atoms with Crippen molar-refractivity contribution in [2.45, 2.75) is 32.4 Å². The van der Waals surface area contributed by atoms with Crippen LogP contribution in [0.4, 0.5) is 5.69 Å². The van der Waals surface area contributed by atoms with Gasteiger partial charge >= 0.3 is 0 Å². The Morgan fingerprint density at radius 2 is 1.65 bits per heavy atom. The summed E-state index contributed by atoms with van der Waals surface area (Å²) >= 11 is 0. The van der Waals surface area contributed by atoms with Crippen molar-refractivity contribution in [3.63, 3.8) is 0 Å². The van der Waals surface area contributed by atoms with Crippen molar-refractivity contribution >= 4 is 17.5 Å². The van der Waals surface area contributed by atoms with Gasteiger partial charge in [-0.05, 0) is 42.3 Å². The van der Waals surface area contributed by atoms with Crippen LogP contribution in [0.15, 0.2) is 42.5 Å². The molecule has 31 heavy (non-hydrogen) atoms. The monoisotopic (exact) mass is 423 g/mol. The van der Waals surface area contributed by atoms with E-state index in [1.807, 2.05) is 30.3 Å². The molecule has 7 nitrogen and oxygen atoms in total. The maximum atomic E-state index is 13.1. The van der Waals surface area contributed by atoms with Crippen LogP contribution in [0, 0.1) is 0 Å². The van der Waals surface area contributed by atoms with E-state index in [1.54, 1.807) is 0 Å². The van der Waals surface area contributed by atoms with Gasteiger partial charge in [-0.3, -0.25) is 9.59 Å². The first kappa shape index (κ1) is 20.0. The highest BCUT2D eigenvalue weighted by molar-refractivity contribution is 6.21. The molecule has 0 radical (unpaired) electrons. The van der Waals surface area contributed by atoms with Gasteiger partial charge in [0.1, 0.15) is 32.7 Å². The van der Waals surface area contributed by atoms with Crippen LogP contribution in [-0.4, -0.2) is 50.8 Å². The number of ether oxygens (including phenoxy) is 2. The van der Waals surface area contributed by atoms with E-state index in [4.69, 9.17) is 9.47 Å². The number of fused-ring (bicyclic) bond motifs is 1. The zero-order chi connectivity index (χ0) is 21.4. The molecule has 2 aromatic carbocycles. The first-order chi connectivity index (χ1) is 15.1. The molecule has 3 aliphatic heterocycles. The van der Waals surface area contributed by atoms with E-state index >= 15 is 0 Å². The van der Waals surface area contributed by atoms with E-state index in [0.717, 1.165) is 50.6 Å². The summed E-state index contributed by atoms with van der Waals surface area (Å²) in [6, 6.07) is 13.6. The Labute approximate surface area is 182 Å². The van der Waals surface area contributed by atoms with Crippen LogP contribution < -0.4 is 24.2 Å². The number of imide groups is 1. The minimum absolute atomic E-state index is 0.0523. The SMILES string of the molecule is CCc1ccc(N2C(=O)C[C@H]([NH+]3CC[NH+](Cc4ccc5c(c4)OCO5)CC3)C2=O)cc1. The number of anilines is 1. The van der Waals surface area contributed by atoms with Gasteiger partial charge in [-0.25, -0.2) is 4.90 Å². The lowest BCUT2D eigenvalue weighted by atomic mass is 10.1. The quantitative estimate of drug-likeness (QED) is 0.642. The molecular formula is C24H29N3O4+2. The summed E-state index contributed by atoms with van der Waals surface area (Å²) in [7, 11) is 0. The van der Waals surface area contributed by atoms with E-state index in [9.17, 15) is 9.59 Å². The molecule has 7 heteroatoms. The lowest BCUT2D eigenvalue weighted by molar-refractivity contribution is -1.02.